The van der Waals surface area contributed by atoms with E-state index in [0.717, 1.165) is 10.0 Å². The molecule has 0 bridgehead atoms. The van der Waals surface area contributed by atoms with Crippen LogP contribution in [0, 0.1) is 0 Å². The number of rotatable bonds is 8. The summed E-state index contributed by atoms with van der Waals surface area (Å²) in [6.45, 7) is 6.90. The van der Waals surface area contributed by atoms with E-state index in [1.165, 1.54) is 0 Å². The standard InChI is InChI=1S/C20H24BrNO4/c1-5-25-18-10-7-14(12-19(18)26-6-2)13(3)22-20(23)15-8-9-17(24-4)16(21)11-15/h7-13H,5-6H2,1-4H3,(H,22,23)/t13-/m1/s1. The van der Waals surface area contributed by atoms with Crippen LogP contribution in [-0.2, 0) is 0 Å². The second-order valence-corrected chi connectivity index (χ2v) is 6.47. The van der Waals surface area contributed by atoms with Crippen molar-refractivity contribution in [2.24, 2.45) is 0 Å². The number of nitrogens with one attached hydrogen (secondary N) is 1. The maximum atomic E-state index is 12.5. The molecule has 6 heteroatoms. The molecule has 5 nitrogen and oxygen atoms in total. The van der Waals surface area contributed by atoms with Crippen molar-refractivity contribution < 1.29 is 19.0 Å². The molecule has 1 atom stereocenters. The molecule has 0 aliphatic rings. The van der Waals surface area contributed by atoms with Gasteiger partial charge in [-0.1, -0.05) is 6.07 Å². The number of benzene rings is 2. The molecule has 0 unspecified atom stereocenters. The van der Waals surface area contributed by atoms with Gasteiger partial charge in [-0.15, -0.1) is 0 Å². The lowest BCUT2D eigenvalue weighted by atomic mass is 10.1. The molecule has 1 amide bonds. The van der Waals surface area contributed by atoms with Crippen molar-refractivity contribution in [2.45, 2.75) is 26.8 Å². The van der Waals surface area contributed by atoms with Gasteiger partial charge in [-0.25, -0.2) is 0 Å². The van der Waals surface area contributed by atoms with Crippen LogP contribution in [0.2, 0.25) is 0 Å². The van der Waals surface area contributed by atoms with Crippen LogP contribution in [-0.4, -0.2) is 26.2 Å². The third kappa shape index (κ3) is 4.91. The van der Waals surface area contributed by atoms with E-state index in [0.29, 0.717) is 36.0 Å². The highest BCUT2D eigenvalue weighted by Gasteiger charge is 2.15. The lowest BCUT2D eigenvalue weighted by molar-refractivity contribution is 0.0939. The van der Waals surface area contributed by atoms with Crippen LogP contribution in [0.5, 0.6) is 17.2 Å². The topological polar surface area (TPSA) is 56.8 Å². The molecule has 26 heavy (non-hydrogen) atoms. The van der Waals surface area contributed by atoms with Crippen molar-refractivity contribution in [1.29, 1.82) is 0 Å². The van der Waals surface area contributed by atoms with Crippen LogP contribution >= 0.6 is 15.9 Å². The Morgan fingerprint density at radius 3 is 2.31 bits per heavy atom. The van der Waals surface area contributed by atoms with Crippen molar-refractivity contribution in [3.63, 3.8) is 0 Å². The lowest BCUT2D eigenvalue weighted by Gasteiger charge is -2.18. The van der Waals surface area contributed by atoms with E-state index in [-0.39, 0.29) is 11.9 Å². The summed E-state index contributed by atoms with van der Waals surface area (Å²) < 4.78 is 17.2. The Hall–Kier alpha value is -2.21. The van der Waals surface area contributed by atoms with Gasteiger partial charge in [-0.05, 0) is 72.6 Å². The van der Waals surface area contributed by atoms with E-state index in [9.17, 15) is 4.79 Å². The van der Waals surface area contributed by atoms with Crippen molar-refractivity contribution in [3.05, 3.63) is 52.0 Å². The Labute approximate surface area is 162 Å². The Morgan fingerprint density at radius 2 is 1.69 bits per heavy atom. The highest BCUT2D eigenvalue weighted by atomic mass is 79.9. The molecule has 0 aliphatic carbocycles. The van der Waals surface area contributed by atoms with Gasteiger partial charge in [0.15, 0.2) is 11.5 Å². The number of halogens is 1. The summed E-state index contributed by atoms with van der Waals surface area (Å²) in [5.74, 6) is 1.91. The average Bonchev–Trinajstić information content (AvgIpc) is 2.63. The second-order valence-electron chi connectivity index (χ2n) is 5.62. The summed E-state index contributed by atoms with van der Waals surface area (Å²) in [4.78, 5) is 12.5. The van der Waals surface area contributed by atoms with Crippen molar-refractivity contribution in [3.8, 4) is 17.2 Å². The monoisotopic (exact) mass is 421 g/mol. The Kier molecular flexibility index (Phi) is 7.33. The summed E-state index contributed by atoms with van der Waals surface area (Å²) >= 11 is 3.40. The van der Waals surface area contributed by atoms with Crippen LogP contribution < -0.4 is 19.5 Å². The van der Waals surface area contributed by atoms with Gasteiger partial charge < -0.3 is 19.5 Å². The normalized spacial score (nSPS) is 11.6. The molecule has 2 aromatic rings. The van der Waals surface area contributed by atoms with Gasteiger partial charge in [0, 0.05) is 5.56 Å². The lowest BCUT2D eigenvalue weighted by Crippen LogP contribution is -2.26. The minimum atomic E-state index is -0.182. The largest absolute Gasteiger partial charge is 0.496 e. The molecule has 140 valence electrons. The van der Waals surface area contributed by atoms with Crippen LogP contribution in [0.15, 0.2) is 40.9 Å². The van der Waals surface area contributed by atoms with E-state index >= 15 is 0 Å². The number of hydrogen-bond acceptors (Lipinski definition) is 4. The van der Waals surface area contributed by atoms with E-state index < -0.39 is 0 Å². The molecular weight excluding hydrogens is 398 g/mol. The van der Waals surface area contributed by atoms with Gasteiger partial charge >= 0.3 is 0 Å². The van der Waals surface area contributed by atoms with E-state index in [1.807, 2.05) is 39.0 Å². The number of amides is 1. The fourth-order valence-corrected chi connectivity index (χ4v) is 3.05. The highest BCUT2D eigenvalue weighted by molar-refractivity contribution is 9.10. The molecule has 0 saturated carbocycles. The predicted molar refractivity (Wildman–Crippen MR) is 105 cm³/mol. The molecule has 0 fully saturated rings. The molecule has 0 aromatic heterocycles. The molecular formula is C20H24BrNO4. The zero-order chi connectivity index (χ0) is 19.1. The molecule has 2 rings (SSSR count). The highest BCUT2D eigenvalue weighted by Crippen LogP contribution is 2.31. The maximum absolute atomic E-state index is 12.5. The van der Waals surface area contributed by atoms with Crippen LogP contribution in [0.1, 0.15) is 42.7 Å². The number of carbonyl (C=O) groups is 1. The first-order valence-electron chi connectivity index (χ1n) is 8.54. The zero-order valence-electron chi connectivity index (χ0n) is 15.5. The summed E-state index contributed by atoms with van der Waals surface area (Å²) in [5.41, 5.74) is 1.50. The summed E-state index contributed by atoms with van der Waals surface area (Å²) in [6.07, 6.45) is 0. The van der Waals surface area contributed by atoms with Gasteiger partial charge in [0.2, 0.25) is 0 Å². The third-order valence-electron chi connectivity index (χ3n) is 3.83. The molecule has 0 heterocycles. The van der Waals surface area contributed by atoms with E-state index in [2.05, 4.69) is 21.2 Å². The minimum absolute atomic E-state index is 0.160. The van der Waals surface area contributed by atoms with Crippen LogP contribution in [0.3, 0.4) is 0 Å². The molecule has 0 radical (unpaired) electrons. The molecule has 0 spiro atoms. The van der Waals surface area contributed by atoms with Crippen LogP contribution in [0.25, 0.3) is 0 Å². The first kappa shape index (κ1) is 20.1. The first-order chi connectivity index (χ1) is 12.5. The SMILES string of the molecule is CCOc1ccc([C@@H](C)NC(=O)c2ccc(OC)c(Br)c2)cc1OCC. The van der Waals surface area contributed by atoms with Crippen molar-refractivity contribution in [1.82, 2.24) is 5.32 Å². The number of methoxy groups -OCH3 is 1. The molecule has 1 N–H and O–H groups in total. The molecule has 0 aliphatic heterocycles. The van der Waals surface area contributed by atoms with Gasteiger partial charge in [0.25, 0.3) is 5.91 Å². The van der Waals surface area contributed by atoms with Crippen molar-refractivity contribution in [2.75, 3.05) is 20.3 Å². The second kappa shape index (κ2) is 9.48. The van der Waals surface area contributed by atoms with E-state index in [4.69, 9.17) is 14.2 Å². The summed E-state index contributed by atoms with van der Waals surface area (Å²) in [7, 11) is 1.59. The molecule has 2 aromatic carbocycles. The van der Waals surface area contributed by atoms with Gasteiger partial charge in [-0.2, -0.15) is 0 Å². The Bertz CT molecular complexity index is 763. The quantitative estimate of drug-likeness (QED) is 0.668. The van der Waals surface area contributed by atoms with Gasteiger partial charge in [0.1, 0.15) is 5.75 Å². The Morgan fingerprint density at radius 1 is 1.04 bits per heavy atom. The van der Waals surface area contributed by atoms with E-state index in [1.54, 1.807) is 25.3 Å². The fourth-order valence-electron chi connectivity index (χ4n) is 2.51. The fraction of sp³-hybridized carbons (Fsp3) is 0.350. The van der Waals surface area contributed by atoms with Gasteiger partial charge in [0.05, 0.1) is 30.8 Å². The maximum Gasteiger partial charge on any atom is 0.251 e. The minimum Gasteiger partial charge on any atom is -0.496 e. The van der Waals surface area contributed by atoms with Crippen LogP contribution in [0.4, 0.5) is 0 Å². The summed E-state index contributed by atoms with van der Waals surface area (Å²) in [6, 6.07) is 10.8. The average molecular weight is 422 g/mol. The number of ether oxygens (including phenoxy) is 3. The summed E-state index contributed by atoms with van der Waals surface area (Å²) in [5, 5.41) is 3.00. The Balaban J connectivity index is 2.15. The first-order valence-corrected chi connectivity index (χ1v) is 9.33. The molecule has 0 saturated heterocycles. The smallest absolute Gasteiger partial charge is 0.251 e. The number of carbonyl (C=O) groups excluding carboxylic acids is 1. The van der Waals surface area contributed by atoms with Gasteiger partial charge in [-0.3, -0.25) is 4.79 Å². The zero-order valence-corrected chi connectivity index (χ0v) is 17.1. The third-order valence-corrected chi connectivity index (χ3v) is 4.45. The van der Waals surface area contributed by atoms with Crippen molar-refractivity contribution >= 4 is 21.8 Å². The predicted octanol–water partition coefficient (Wildman–Crippen LogP) is 4.75. The number of hydrogen-bond donors (Lipinski definition) is 1.